The molecule has 2 saturated heterocycles. The van der Waals surface area contributed by atoms with E-state index in [9.17, 15) is 14.4 Å². The third-order valence-corrected chi connectivity index (χ3v) is 11.2. The highest BCUT2D eigenvalue weighted by atomic mass is 28.4. The normalized spacial score (nSPS) is 27.9. The molecular formula is C20H36N2O5Si. The Balaban J connectivity index is 2.13. The molecule has 0 aliphatic carbocycles. The van der Waals surface area contributed by atoms with E-state index in [1.807, 2.05) is 20.8 Å². The molecule has 160 valence electrons. The van der Waals surface area contributed by atoms with Crippen LogP contribution in [0.3, 0.4) is 0 Å². The van der Waals surface area contributed by atoms with Crippen LogP contribution in [-0.2, 0) is 18.8 Å². The first-order valence-electron chi connectivity index (χ1n) is 10.2. The summed E-state index contributed by atoms with van der Waals surface area (Å²) in [6, 6.07) is -0.612. The van der Waals surface area contributed by atoms with E-state index in [4.69, 9.17) is 9.16 Å². The Morgan fingerprint density at radius 3 is 2.25 bits per heavy atom. The Labute approximate surface area is 169 Å². The molecule has 28 heavy (non-hydrogen) atoms. The molecule has 0 aromatic rings. The van der Waals surface area contributed by atoms with Crippen LogP contribution in [0.5, 0.6) is 0 Å². The maximum atomic E-state index is 13.1. The van der Waals surface area contributed by atoms with Crippen LogP contribution in [0, 0.1) is 17.8 Å². The van der Waals surface area contributed by atoms with Crippen molar-refractivity contribution in [3.05, 3.63) is 0 Å². The number of ether oxygens (including phenoxy) is 1. The Hall–Kier alpha value is -1.41. The lowest BCUT2D eigenvalue weighted by Gasteiger charge is -2.47. The van der Waals surface area contributed by atoms with Crippen LogP contribution in [-0.4, -0.2) is 55.9 Å². The van der Waals surface area contributed by atoms with Gasteiger partial charge < -0.3 is 14.5 Å². The van der Waals surface area contributed by atoms with Crippen LogP contribution >= 0.6 is 0 Å². The molecule has 1 N–H and O–H groups in total. The van der Waals surface area contributed by atoms with E-state index in [1.54, 1.807) is 6.92 Å². The minimum atomic E-state index is -2.05. The topological polar surface area (TPSA) is 84.9 Å². The maximum Gasteiger partial charge on any atom is 0.416 e. The molecule has 0 aromatic heterocycles. The minimum absolute atomic E-state index is 0.0300. The smallest absolute Gasteiger partial charge is 0.416 e. The SMILES string of the molecule is CC(C)[C@H]1COC(=O)N1C(=O)[C@H](C)[C@H]1NC(=O)[C@@H]1[C@@H](C)O[Si](C)(C)C(C)(C)C. The van der Waals surface area contributed by atoms with Gasteiger partial charge in [-0.3, -0.25) is 9.59 Å². The largest absolute Gasteiger partial charge is 0.447 e. The zero-order chi connectivity index (χ0) is 21.6. The van der Waals surface area contributed by atoms with Gasteiger partial charge in [-0.15, -0.1) is 0 Å². The quantitative estimate of drug-likeness (QED) is 0.535. The monoisotopic (exact) mass is 412 g/mol. The van der Waals surface area contributed by atoms with Gasteiger partial charge in [-0.05, 0) is 31.0 Å². The lowest BCUT2D eigenvalue weighted by Crippen LogP contribution is -2.67. The van der Waals surface area contributed by atoms with Crippen molar-refractivity contribution in [3.8, 4) is 0 Å². The standard InChI is InChI=1S/C20H36N2O5Si/c1-11(2)14-10-26-19(25)22(14)18(24)12(3)16-15(17(23)21-16)13(4)27-28(8,9)20(5,6)7/h11-16H,10H2,1-9H3,(H,21,23)/t12-,13-,14-,15-,16-/m1/s1. The summed E-state index contributed by atoms with van der Waals surface area (Å²) < 4.78 is 11.5. The Kier molecular flexibility index (Phi) is 6.36. The summed E-state index contributed by atoms with van der Waals surface area (Å²) in [5.41, 5.74) is 0. The Morgan fingerprint density at radius 2 is 1.79 bits per heavy atom. The molecule has 2 fully saturated rings. The number of nitrogens with zero attached hydrogens (tertiary/aromatic N) is 1. The maximum absolute atomic E-state index is 13.1. The summed E-state index contributed by atoms with van der Waals surface area (Å²) in [6.45, 7) is 18.6. The van der Waals surface area contributed by atoms with Crippen molar-refractivity contribution < 1.29 is 23.5 Å². The highest BCUT2D eigenvalue weighted by Crippen LogP contribution is 2.39. The molecule has 8 heteroatoms. The van der Waals surface area contributed by atoms with Crippen LogP contribution in [0.25, 0.3) is 0 Å². The molecule has 3 amide bonds. The van der Waals surface area contributed by atoms with Gasteiger partial charge in [-0.1, -0.05) is 41.5 Å². The molecule has 5 atom stereocenters. The molecule has 0 aromatic carbocycles. The number of nitrogens with one attached hydrogen (secondary N) is 1. The zero-order valence-electron chi connectivity index (χ0n) is 18.7. The molecule has 2 aliphatic rings. The number of hydrogen-bond acceptors (Lipinski definition) is 5. The van der Waals surface area contributed by atoms with Gasteiger partial charge in [-0.2, -0.15) is 0 Å². The first kappa shape index (κ1) is 22.9. The van der Waals surface area contributed by atoms with Crippen LogP contribution in [0.1, 0.15) is 48.5 Å². The van der Waals surface area contributed by atoms with Gasteiger partial charge in [0.1, 0.15) is 6.61 Å². The summed E-state index contributed by atoms with van der Waals surface area (Å²) >= 11 is 0. The number of carbonyl (C=O) groups excluding carboxylic acids is 3. The van der Waals surface area contributed by atoms with Crippen LogP contribution in [0.15, 0.2) is 0 Å². The number of amides is 3. The van der Waals surface area contributed by atoms with Gasteiger partial charge in [0, 0.05) is 0 Å². The fourth-order valence-corrected chi connectivity index (χ4v) is 5.06. The van der Waals surface area contributed by atoms with E-state index in [-0.39, 0.29) is 47.6 Å². The summed E-state index contributed by atoms with van der Waals surface area (Å²) in [6.07, 6.45) is -0.885. The number of imide groups is 1. The molecular weight excluding hydrogens is 376 g/mol. The molecule has 7 nitrogen and oxygen atoms in total. The lowest BCUT2D eigenvalue weighted by molar-refractivity contribution is -0.147. The first-order valence-corrected chi connectivity index (χ1v) is 13.1. The van der Waals surface area contributed by atoms with E-state index in [2.05, 4.69) is 39.2 Å². The molecule has 0 spiro atoms. The lowest BCUT2D eigenvalue weighted by atomic mass is 9.78. The second kappa shape index (κ2) is 7.78. The third kappa shape index (κ3) is 4.12. The van der Waals surface area contributed by atoms with Crippen molar-refractivity contribution in [3.63, 3.8) is 0 Å². The predicted octanol–water partition coefficient (Wildman–Crippen LogP) is 3.15. The highest BCUT2D eigenvalue weighted by molar-refractivity contribution is 6.74. The van der Waals surface area contributed by atoms with Gasteiger partial charge in [0.05, 0.1) is 30.0 Å². The van der Waals surface area contributed by atoms with E-state index in [0.29, 0.717) is 0 Å². The molecule has 0 radical (unpaired) electrons. The molecule has 0 bridgehead atoms. The summed E-state index contributed by atoms with van der Waals surface area (Å²) in [4.78, 5) is 38.7. The van der Waals surface area contributed by atoms with Crippen molar-refractivity contribution in [1.82, 2.24) is 10.2 Å². The van der Waals surface area contributed by atoms with Gasteiger partial charge in [0.2, 0.25) is 11.8 Å². The van der Waals surface area contributed by atoms with Crippen LogP contribution < -0.4 is 5.32 Å². The second-order valence-electron chi connectivity index (χ2n) is 10.0. The van der Waals surface area contributed by atoms with Crippen LogP contribution in [0.4, 0.5) is 4.79 Å². The number of carbonyl (C=O) groups is 3. The van der Waals surface area contributed by atoms with Gasteiger partial charge in [-0.25, -0.2) is 9.69 Å². The van der Waals surface area contributed by atoms with E-state index >= 15 is 0 Å². The average Bonchev–Trinajstić information content (AvgIpc) is 2.91. The first-order chi connectivity index (χ1) is 12.7. The number of hydrogen-bond donors (Lipinski definition) is 1. The molecule has 2 rings (SSSR count). The number of rotatable bonds is 6. The molecule has 0 unspecified atom stereocenters. The molecule has 2 aliphatic heterocycles. The summed E-state index contributed by atoms with van der Waals surface area (Å²) in [5.74, 6) is -1.21. The van der Waals surface area contributed by atoms with Gasteiger partial charge in [0.15, 0.2) is 8.32 Å². The Morgan fingerprint density at radius 1 is 1.21 bits per heavy atom. The summed E-state index contributed by atoms with van der Waals surface area (Å²) in [5, 5.41) is 2.89. The van der Waals surface area contributed by atoms with Crippen molar-refractivity contribution in [2.75, 3.05) is 6.61 Å². The van der Waals surface area contributed by atoms with Crippen LogP contribution in [0.2, 0.25) is 18.1 Å². The van der Waals surface area contributed by atoms with Crippen molar-refractivity contribution in [2.45, 2.75) is 84.8 Å². The fraction of sp³-hybridized carbons (Fsp3) is 0.850. The van der Waals surface area contributed by atoms with Crippen molar-refractivity contribution >= 4 is 26.2 Å². The summed E-state index contributed by atoms with van der Waals surface area (Å²) in [7, 11) is -2.05. The van der Waals surface area contributed by atoms with E-state index < -0.39 is 26.2 Å². The minimum Gasteiger partial charge on any atom is -0.447 e. The average molecular weight is 413 g/mol. The highest BCUT2D eigenvalue weighted by Gasteiger charge is 2.52. The van der Waals surface area contributed by atoms with Crippen molar-refractivity contribution in [2.24, 2.45) is 17.8 Å². The Bertz CT molecular complexity index is 643. The fourth-order valence-electron chi connectivity index (χ4n) is 3.63. The second-order valence-corrected chi connectivity index (χ2v) is 14.8. The van der Waals surface area contributed by atoms with E-state index in [0.717, 1.165) is 0 Å². The molecule has 2 heterocycles. The van der Waals surface area contributed by atoms with Gasteiger partial charge >= 0.3 is 6.09 Å². The zero-order valence-corrected chi connectivity index (χ0v) is 19.7. The van der Waals surface area contributed by atoms with Gasteiger partial charge in [0.25, 0.3) is 0 Å². The number of β-lactam (4-membered cyclic amide) rings is 1. The molecule has 0 saturated carbocycles. The van der Waals surface area contributed by atoms with E-state index in [1.165, 1.54) is 4.90 Å². The predicted molar refractivity (Wildman–Crippen MR) is 109 cm³/mol. The van der Waals surface area contributed by atoms with Crippen molar-refractivity contribution in [1.29, 1.82) is 0 Å². The third-order valence-electron chi connectivity index (χ3n) is 6.63. The number of cyclic esters (lactones) is 1.